The summed E-state index contributed by atoms with van der Waals surface area (Å²) in [6, 6.07) is 6.39. The summed E-state index contributed by atoms with van der Waals surface area (Å²) >= 11 is 2.36. The van der Waals surface area contributed by atoms with Crippen LogP contribution in [0.4, 0.5) is 0 Å². The first-order valence-electron chi connectivity index (χ1n) is 8.25. The standard InChI is InChI=1S/C17H27IN2O/c1-3-19-9-11-20(12-10-19)8-4-5-13-21-17-7-6-15(2)14-16(17)18/h6-7,14H,3-5,8-13H2,1-2H3/p+2. The Morgan fingerprint density at radius 1 is 1.10 bits per heavy atom. The van der Waals surface area contributed by atoms with Gasteiger partial charge in [-0.05, 0) is 67.0 Å². The lowest BCUT2D eigenvalue weighted by molar-refractivity contribution is -1.01. The molecular weight excluding hydrogens is 375 g/mol. The minimum atomic E-state index is 0.846. The van der Waals surface area contributed by atoms with Crippen LogP contribution in [0.3, 0.4) is 0 Å². The Kier molecular flexibility index (Phi) is 7.26. The minimum Gasteiger partial charge on any atom is -0.492 e. The first-order valence-corrected chi connectivity index (χ1v) is 9.33. The van der Waals surface area contributed by atoms with Gasteiger partial charge in [-0.1, -0.05) is 6.07 Å². The Bertz CT molecular complexity index is 431. The van der Waals surface area contributed by atoms with E-state index in [1.807, 2.05) is 0 Å². The van der Waals surface area contributed by atoms with Crippen molar-refractivity contribution < 1.29 is 14.5 Å². The van der Waals surface area contributed by atoms with Crippen molar-refractivity contribution in [2.75, 3.05) is 45.9 Å². The number of likely N-dealkylation sites (N-methyl/N-ethyl adjacent to an activating group) is 1. The van der Waals surface area contributed by atoms with Crippen LogP contribution in [-0.4, -0.2) is 45.9 Å². The van der Waals surface area contributed by atoms with E-state index in [1.165, 1.54) is 54.8 Å². The number of rotatable bonds is 7. The third-order valence-electron chi connectivity index (χ3n) is 4.43. The summed E-state index contributed by atoms with van der Waals surface area (Å²) in [4.78, 5) is 3.56. The number of hydrogen-bond donors (Lipinski definition) is 2. The molecule has 1 aromatic carbocycles. The highest BCUT2D eigenvalue weighted by Crippen LogP contribution is 2.21. The molecule has 0 radical (unpaired) electrons. The summed E-state index contributed by atoms with van der Waals surface area (Å²) in [5.74, 6) is 1.04. The van der Waals surface area contributed by atoms with Gasteiger partial charge in [0.1, 0.15) is 31.9 Å². The predicted molar refractivity (Wildman–Crippen MR) is 95.4 cm³/mol. The average Bonchev–Trinajstić information content (AvgIpc) is 2.49. The van der Waals surface area contributed by atoms with Gasteiger partial charge in [0.15, 0.2) is 0 Å². The van der Waals surface area contributed by atoms with Crippen LogP contribution in [0.15, 0.2) is 18.2 Å². The largest absolute Gasteiger partial charge is 0.492 e. The average molecular weight is 404 g/mol. The van der Waals surface area contributed by atoms with Crippen LogP contribution in [0, 0.1) is 10.5 Å². The van der Waals surface area contributed by atoms with E-state index in [-0.39, 0.29) is 0 Å². The molecule has 2 N–H and O–H groups in total. The molecule has 118 valence electrons. The van der Waals surface area contributed by atoms with E-state index in [2.05, 4.69) is 54.6 Å². The zero-order valence-electron chi connectivity index (χ0n) is 13.4. The highest BCUT2D eigenvalue weighted by Gasteiger charge is 2.20. The number of ether oxygens (including phenoxy) is 1. The van der Waals surface area contributed by atoms with Crippen molar-refractivity contribution in [2.24, 2.45) is 0 Å². The van der Waals surface area contributed by atoms with Crippen LogP contribution >= 0.6 is 22.6 Å². The van der Waals surface area contributed by atoms with Gasteiger partial charge in [-0.25, -0.2) is 0 Å². The van der Waals surface area contributed by atoms with Crippen LogP contribution in [0.5, 0.6) is 5.75 Å². The summed E-state index contributed by atoms with van der Waals surface area (Å²) in [5.41, 5.74) is 1.30. The van der Waals surface area contributed by atoms with Crippen molar-refractivity contribution in [3.8, 4) is 5.75 Å². The smallest absolute Gasteiger partial charge is 0.132 e. The Hall–Kier alpha value is -0.330. The zero-order valence-corrected chi connectivity index (χ0v) is 15.5. The maximum atomic E-state index is 5.89. The molecule has 1 heterocycles. The van der Waals surface area contributed by atoms with Crippen molar-refractivity contribution in [1.82, 2.24) is 0 Å². The maximum Gasteiger partial charge on any atom is 0.132 e. The fraction of sp³-hybridized carbons (Fsp3) is 0.647. The lowest BCUT2D eigenvalue weighted by atomic mass is 10.2. The number of hydrogen-bond acceptors (Lipinski definition) is 1. The first kappa shape index (κ1) is 17.0. The molecule has 4 heteroatoms. The van der Waals surface area contributed by atoms with Crippen LogP contribution < -0.4 is 14.5 Å². The molecular formula is C17H29IN2O+2. The Balaban J connectivity index is 1.58. The third kappa shape index (κ3) is 5.75. The molecule has 0 bridgehead atoms. The number of benzene rings is 1. The predicted octanol–water partition coefficient (Wildman–Crippen LogP) is 0.562. The van der Waals surface area contributed by atoms with E-state index >= 15 is 0 Å². The SMILES string of the molecule is CC[NH+]1CC[NH+](CCCCOc2ccc(C)cc2I)CC1. The normalized spacial score (nSPS) is 22.2. The number of quaternary nitrogens is 2. The van der Waals surface area contributed by atoms with Crippen molar-refractivity contribution in [2.45, 2.75) is 26.7 Å². The summed E-state index contributed by atoms with van der Waals surface area (Å²) < 4.78 is 7.11. The highest BCUT2D eigenvalue weighted by atomic mass is 127. The second-order valence-electron chi connectivity index (χ2n) is 6.09. The van der Waals surface area contributed by atoms with E-state index in [0.717, 1.165) is 18.8 Å². The molecule has 0 saturated carbocycles. The second-order valence-corrected chi connectivity index (χ2v) is 7.26. The van der Waals surface area contributed by atoms with Crippen LogP contribution in [0.2, 0.25) is 0 Å². The summed E-state index contributed by atoms with van der Waals surface area (Å²) in [6.07, 6.45) is 2.44. The van der Waals surface area contributed by atoms with E-state index in [0.29, 0.717) is 0 Å². The number of unbranched alkanes of at least 4 members (excludes halogenated alkanes) is 1. The monoisotopic (exact) mass is 404 g/mol. The van der Waals surface area contributed by atoms with Crippen molar-refractivity contribution >= 4 is 22.6 Å². The molecule has 1 fully saturated rings. The molecule has 1 aliphatic heterocycles. The van der Waals surface area contributed by atoms with Gasteiger partial charge in [0.2, 0.25) is 0 Å². The first-order chi connectivity index (χ1) is 10.2. The van der Waals surface area contributed by atoms with E-state index in [4.69, 9.17) is 4.74 Å². The molecule has 2 rings (SSSR count). The Morgan fingerprint density at radius 2 is 1.81 bits per heavy atom. The quantitative estimate of drug-likeness (QED) is 0.502. The number of nitrogens with one attached hydrogen (secondary N) is 2. The topological polar surface area (TPSA) is 18.1 Å². The van der Waals surface area contributed by atoms with E-state index in [1.54, 1.807) is 9.80 Å². The number of halogens is 1. The van der Waals surface area contributed by atoms with Gasteiger partial charge in [-0.2, -0.15) is 0 Å². The molecule has 0 amide bonds. The van der Waals surface area contributed by atoms with Gasteiger partial charge in [0.05, 0.1) is 23.3 Å². The molecule has 1 aromatic rings. The van der Waals surface area contributed by atoms with Crippen molar-refractivity contribution in [3.63, 3.8) is 0 Å². The van der Waals surface area contributed by atoms with Crippen LogP contribution in [0.1, 0.15) is 25.3 Å². The van der Waals surface area contributed by atoms with Gasteiger partial charge in [-0.15, -0.1) is 0 Å². The van der Waals surface area contributed by atoms with Crippen LogP contribution in [-0.2, 0) is 0 Å². The fourth-order valence-corrected chi connectivity index (χ4v) is 3.77. The maximum absolute atomic E-state index is 5.89. The van der Waals surface area contributed by atoms with Gasteiger partial charge in [0, 0.05) is 0 Å². The molecule has 0 aliphatic carbocycles. The molecule has 0 atom stereocenters. The number of aryl methyl sites for hydroxylation is 1. The Labute approximate surface area is 142 Å². The van der Waals surface area contributed by atoms with Gasteiger partial charge < -0.3 is 14.5 Å². The molecule has 21 heavy (non-hydrogen) atoms. The molecule has 1 aliphatic rings. The van der Waals surface area contributed by atoms with Crippen molar-refractivity contribution in [1.29, 1.82) is 0 Å². The highest BCUT2D eigenvalue weighted by molar-refractivity contribution is 14.1. The lowest BCUT2D eigenvalue weighted by Crippen LogP contribution is -3.28. The Morgan fingerprint density at radius 3 is 2.48 bits per heavy atom. The number of piperazine rings is 1. The lowest BCUT2D eigenvalue weighted by Gasteiger charge is -2.28. The van der Waals surface area contributed by atoms with Crippen molar-refractivity contribution in [3.05, 3.63) is 27.3 Å². The van der Waals surface area contributed by atoms with E-state index in [9.17, 15) is 0 Å². The van der Waals surface area contributed by atoms with Gasteiger partial charge >= 0.3 is 0 Å². The fourth-order valence-electron chi connectivity index (χ4n) is 2.94. The zero-order chi connectivity index (χ0) is 15.1. The molecule has 1 saturated heterocycles. The molecule has 0 unspecified atom stereocenters. The van der Waals surface area contributed by atoms with Gasteiger partial charge in [-0.3, -0.25) is 0 Å². The third-order valence-corrected chi connectivity index (χ3v) is 5.28. The van der Waals surface area contributed by atoms with Gasteiger partial charge in [0.25, 0.3) is 0 Å². The molecule has 3 nitrogen and oxygen atoms in total. The minimum absolute atomic E-state index is 0.846. The second kappa shape index (κ2) is 8.96. The van der Waals surface area contributed by atoms with Crippen LogP contribution in [0.25, 0.3) is 0 Å². The summed E-state index contributed by atoms with van der Waals surface area (Å²) in [6.45, 7) is 13.3. The summed E-state index contributed by atoms with van der Waals surface area (Å²) in [7, 11) is 0. The van der Waals surface area contributed by atoms with E-state index < -0.39 is 0 Å². The molecule has 0 spiro atoms. The summed E-state index contributed by atoms with van der Waals surface area (Å²) in [5, 5.41) is 0. The molecule has 0 aromatic heterocycles.